The summed E-state index contributed by atoms with van der Waals surface area (Å²) < 4.78 is 0. The first-order valence-electron chi connectivity index (χ1n) is 5.29. The Kier molecular flexibility index (Phi) is 3.03. The molecule has 1 unspecified atom stereocenters. The van der Waals surface area contributed by atoms with Gasteiger partial charge in [0.05, 0.1) is 11.2 Å². The highest BCUT2D eigenvalue weighted by atomic mass is 32.1. The van der Waals surface area contributed by atoms with Crippen molar-refractivity contribution in [2.24, 2.45) is 5.73 Å². The summed E-state index contributed by atoms with van der Waals surface area (Å²) in [5.74, 6) is 0. The standard InChI is InChI=1S/C12H15N3S/c1-3-12(2,13)11-15-10(8-16-11)9-4-6-14-7-5-9/h4-8H,3,13H2,1-2H3. The predicted octanol–water partition coefficient (Wildman–Crippen LogP) is 2.79. The Bertz CT molecular complexity index is 462. The van der Waals surface area contributed by atoms with Crippen LogP contribution in [-0.2, 0) is 5.54 Å². The van der Waals surface area contributed by atoms with E-state index in [1.807, 2.05) is 24.4 Å². The average Bonchev–Trinajstić information content (AvgIpc) is 2.80. The SMILES string of the molecule is CCC(C)(N)c1nc(-c2ccncc2)cs1. The third-order valence-corrected chi connectivity index (χ3v) is 3.83. The van der Waals surface area contributed by atoms with Gasteiger partial charge >= 0.3 is 0 Å². The first-order valence-corrected chi connectivity index (χ1v) is 6.17. The fraction of sp³-hybridized carbons (Fsp3) is 0.333. The predicted molar refractivity (Wildman–Crippen MR) is 67.2 cm³/mol. The van der Waals surface area contributed by atoms with Crippen molar-refractivity contribution in [3.8, 4) is 11.3 Å². The van der Waals surface area contributed by atoms with Gasteiger partial charge in [0, 0.05) is 23.3 Å². The quantitative estimate of drug-likeness (QED) is 0.887. The maximum absolute atomic E-state index is 6.16. The fourth-order valence-electron chi connectivity index (χ4n) is 1.34. The molecule has 4 heteroatoms. The number of hydrogen-bond acceptors (Lipinski definition) is 4. The highest BCUT2D eigenvalue weighted by Crippen LogP contribution is 2.28. The van der Waals surface area contributed by atoms with E-state index in [1.165, 1.54) is 0 Å². The minimum Gasteiger partial charge on any atom is -0.320 e. The summed E-state index contributed by atoms with van der Waals surface area (Å²) in [6, 6.07) is 3.91. The number of aromatic nitrogens is 2. The van der Waals surface area contributed by atoms with Gasteiger partial charge in [-0.1, -0.05) is 6.92 Å². The van der Waals surface area contributed by atoms with E-state index in [2.05, 4.69) is 16.9 Å². The zero-order chi connectivity index (χ0) is 11.6. The Morgan fingerprint density at radius 2 is 2.06 bits per heavy atom. The summed E-state index contributed by atoms with van der Waals surface area (Å²) in [5, 5.41) is 3.03. The molecule has 0 aliphatic rings. The maximum Gasteiger partial charge on any atom is 0.113 e. The van der Waals surface area contributed by atoms with Gasteiger partial charge in [0.2, 0.25) is 0 Å². The van der Waals surface area contributed by atoms with Gasteiger partial charge in [-0.25, -0.2) is 4.98 Å². The van der Waals surface area contributed by atoms with E-state index in [0.29, 0.717) is 0 Å². The van der Waals surface area contributed by atoms with Crippen molar-refractivity contribution in [2.75, 3.05) is 0 Å². The van der Waals surface area contributed by atoms with Crippen LogP contribution in [0.15, 0.2) is 29.9 Å². The lowest BCUT2D eigenvalue weighted by Crippen LogP contribution is -2.31. The summed E-state index contributed by atoms with van der Waals surface area (Å²) >= 11 is 1.62. The van der Waals surface area contributed by atoms with Crippen LogP contribution in [-0.4, -0.2) is 9.97 Å². The second-order valence-corrected chi connectivity index (χ2v) is 4.90. The molecule has 2 heterocycles. The molecular weight excluding hydrogens is 218 g/mol. The summed E-state index contributed by atoms with van der Waals surface area (Å²) in [6.07, 6.45) is 4.43. The molecule has 16 heavy (non-hydrogen) atoms. The van der Waals surface area contributed by atoms with Crippen molar-refractivity contribution >= 4 is 11.3 Å². The molecule has 0 spiro atoms. The lowest BCUT2D eigenvalue weighted by atomic mass is 10.0. The maximum atomic E-state index is 6.16. The molecule has 0 saturated carbocycles. The molecular formula is C12H15N3S. The molecule has 0 aliphatic carbocycles. The number of pyridine rings is 1. The van der Waals surface area contributed by atoms with E-state index in [9.17, 15) is 0 Å². The molecule has 0 aliphatic heterocycles. The Hall–Kier alpha value is -1.26. The van der Waals surface area contributed by atoms with Crippen molar-refractivity contribution in [3.05, 3.63) is 34.9 Å². The van der Waals surface area contributed by atoms with E-state index in [0.717, 1.165) is 22.7 Å². The molecule has 0 radical (unpaired) electrons. The van der Waals surface area contributed by atoms with E-state index in [-0.39, 0.29) is 5.54 Å². The fourth-order valence-corrected chi connectivity index (χ4v) is 2.32. The number of rotatable bonds is 3. The van der Waals surface area contributed by atoms with Crippen LogP contribution in [0, 0.1) is 0 Å². The molecule has 0 aromatic carbocycles. The molecule has 2 aromatic heterocycles. The minimum absolute atomic E-state index is 0.323. The summed E-state index contributed by atoms with van der Waals surface area (Å²) in [7, 11) is 0. The lowest BCUT2D eigenvalue weighted by Gasteiger charge is -2.18. The van der Waals surface area contributed by atoms with E-state index in [1.54, 1.807) is 23.7 Å². The third kappa shape index (κ3) is 2.13. The third-order valence-electron chi connectivity index (χ3n) is 2.70. The average molecular weight is 233 g/mol. The molecule has 0 saturated heterocycles. The molecule has 0 bridgehead atoms. The monoisotopic (exact) mass is 233 g/mol. The zero-order valence-electron chi connectivity index (χ0n) is 9.47. The van der Waals surface area contributed by atoms with Crippen LogP contribution in [0.4, 0.5) is 0 Å². The van der Waals surface area contributed by atoms with E-state index >= 15 is 0 Å². The molecule has 2 rings (SSSR count). The highest BCUT2D eigenvalue weighted by Gasteiger charge is 2.22. The van der Waals surface area contributed by atoms with Gasteiger partial charge < -0.3 is 5.73 Å². The van der Waals surface area contributed by atoms with Crippen LogP contribution >= 0.6 is 11.3 Å². The number of thiazole rings is 1. The van der Waals surface area contributed by atoms with Gasteiger partial charge in [-0.2, -0.15) is 0 Å². The van der Waals surface area contributed by atoms with Crippen molar-refractivity contribution < 1.29 is 0 Å². The van der Waals surface area contributed by atoms with E-state index in [4.69, 9.17) is 5.73 Å². The van der Waals surface area contributed by atoms with Gasteiger partial charge in [-0.05, 0) is 25.5 Å². The topological polar surface area (TPSA) is 51.8 Å². The zero-order valence-corrected chi connectivity index (χ0v) is 10.3. The smallest absolute Gasteiger partial charge is 0.113 e. The minimum atomic E-state index is -0.323. The van der Waals surface area contributed by atoms with Gasteiger partial charge in [-0.3, -0.25) is 4.98 Å². The number of nitrogens with two attached hydrogens (primary N) is 1. The van der Waals surface area contributed by atoms with Crippen molar-refractivity contribution in [3.63, 3.8) is 0 Å². The second kappa shape index (κ2) is 4.31. The Labute approximate surface area is 99.4 Å². The van der Waals surface area contributed by atoms with Crippen LogP contribution in [0.5, 0.6) is 0 Å². The Balaban J connectivity index is 2.34. The molecule has 3 nitrogen and oxygen atoms in total. The summed E-state index contributed by atoms with van der Waals surface area (Å²) in [6.45, 7) is 4.09. The van der Waals surface area contributed by atoms with Crippen molar-refractivity contribution in [2.45, 2.75) is 25.8 Å². The molecule has 84 valence electrons. The molecule has 2 aromatic rings. The van der Waals surface area contributed by atoms with Crippen LogP contribution in [0.25, 0.3) is 11.3 Å². The second-order valence-electron chi connectivity index (χ2n) is 4.04. The van der Waals surface area contributed by atoms with Crippen LogP contribution in [0.1, 0.15) is 25.3 Å². The van der Waals surface area contributed by atoms with Crippen LogP contribution in [0.3, 0.4) is 0 Å². The van der Waals surface area contributed by atoms with Gasteiger partial charge in [0.15, 0.2) is 0 Å². The molecule has 0 amide bonds. The van der Waals surface area contributed by atoms with Crippen molar-refractivity contribution in [1.29, 1.82) is 0 Å². The first-order chi connectivity index (χ1) is 7.63. The lowest BCUT2D eigenvalue weighted by molar-refractivity contribution is 0.474. The normalized spacial score (nSPS) is 14.7. The Morgan fingerprint density at radius 1 is 1.38 bits per heavy atom. The van der Waals surface area contributed by atoms with Crippen molar-refractivity contribution in [1.82, 2.24) is 9.97 Å². The molecule has 0 fully saturated rings. The number of hydrogen-bond donors (Lipinski definition) is 1. The summed E-state index contributed by atoms with van der Waals surface area (Å²) in [4.78, 5) is 8.58. The highest BCUT2D eigenvalue weighted by molar-refractivity contribution is 7.10. The van der Waals surface area contributed by atoms with Gasteiger partial charge in [0.25, 0.3) is 0 Å². The first kappa shape index (κ1) is 11.2. The van der Waals surface area contributed by atoms with Crippen LogP contribution in [0.2, 0.25) is 0 Å². The van der Waals surface area contributed by atoms with Gasteiger partial charge in [-0.15, -0.1) is 11.3 Å². The van der Waals surface area contributed by atoms with Gasteiger partial charge in [0.1, 0.15) is 5.01 Å². The molecule has 1 atom stereocenters. The number of nitrogens with zero attached hydrogens (tertiary/aromatic N) is 2. The Morgan fingerprint density at radius 3 is 2.69 bits per heavy atom. The largest absolute Gasteiger partial charge is 0.320 e. The van der Waals surface area contributed by atoms with Crippen LogP contribution < -0.4 is 5.73 Å². The summed E-state index contributed by atoms with van der Waals surface area (Å²) in [5.41, 5.74) is 7.91. The molecule has 2 N–H and O–H groups in total. The van der Waals surface area contributed by atoms with E-state index < -0.39 is 0 Å².